The SMILES string of the molecule is CCOc1ccc(C(=O)CN)cc1C. The Kier molecular flexibility index (Phi) is 3.65. The van der Waals surface area contributed by atoms with Crippen molar-refractivity contribution in [1.82, 2.24) is 0 Å². The third-order valence-electron chi connectivity index (χ3n) is 1.98. The molecule has 3 nitrogen and oxygen atoms in total. The molecule has 1 aromatic carbocycles. The van der Waals surface area contributed by atoms with Crippen LogP contribution >= 0.6 is 0 Å². The first-order valence-corrected chi connectivity index (χ1v) is 4.65. The van der Waals surface area contributed by atoms with Gasteiger partial charge in [0, 0.05) is 5.56 Å². The number of hydrogen-bond donors (Lipinski definition) is 1. The molecule has 0 saturated heterocycles. The number of ketones is 1. The molecule has 0 unspecified atom stereocenters. The van der Waals surface area contributed by atoms with Gasteiger partial charge in [-0.05, 0) is 37.6 Å². The maximum absolute atomic E-state index is 11.3. The summed E-state index contributed by atoms with van der Waals surface area (Å²) in [6, 6.07) is 5.36. The molecule has 0 aliphatic heterocycles. The number of nitrogens with two attached hydrogens (primary N) is 1. The fourth-order valence-electron chi connectivity index (χ4n) is 1.26. The predicted molar refractivity (Wildman–Crippen MR) is 55.7 cm³/mol. The minimum atomic E-state index is -0.0452. The van der Waals surface area contributed by atoms with Gasteiger partial charge in [-0.2, -0.15) is 0 Å². The molecule has 0 fully saturated rings. The Balaban J connectivity index is 2.94. The van der Waals surface area contributed by atoms with Gasteiger partial charge >= 0.3 is 0 Å². The fraction of sp³-hybridized carbons (Fsp3) is 0.364. The third kappa shape index (κ3) is 2.33. The van der Waals surface area contributed by atoms with Crippen molar-refractivity contribution in [1.29, 1.82) is 0 Å². The minimum Gasteiger partial charge on any atom is -0.494 e. The van der Waals surface area contributed by atoms with Crippen LogP contribution in [0.3, 0.4) is 0 Å². The highest BCUT2D eigenvalue weighted by Gasteiger charge is 2.05. The quantitative estimate of drug-likeness (QED) is 0.738. The van der Waals surface area contributed by atoms with E-state index in [1.54, 1.807) is 12.1 Å². The number of benzene rings is 1. The van der Waals surface area contributed by atoms with Crippen LogP contribution in [-0.2, 0) is 0 Å². The maximum atomic E-state index is 11.3. The summed E-state index contributed by atoms with van der Waals surface area (Å²) in [5, 5.41) is 0. The smallest absolute Gasteiger partial charge is 0.176 e. The molecule has 0 atom stereocenters. The van der Waals surface area contributed by atoms with E-state index in [0.717, 1.165) is 11.3 Å². The predicted octanol–water partition coefficient (Wildman–Crippen LogP) is 1.54. The second kappa shape index (κ2) is 4.77. The van der Waals surface area contributed by atoms with Crippen LogP contribution in [0.15, 0.2) is 18.2 Å². The lowest BCUT2D eigenvalue weighted by Crippen LogP contribution is -2.13. The van der Waals surface area contributed by atoms with Crippen molar-refractivity contribution in [3.8, 4) is 5.75 Å². The minimum absolute atomic E-state index is 0.0452. The van der Waals surface area contributed by atoms with E-state index >= 15 is 0 Å². The lowest BCUT2D eigenvalue weighted by molar-refractivity contribution is 0.100. The van der Waals surface area contributed by atoms with Gasteiger partial charge in [-0.1, -0.05) is 0 Å². The highest BCUT2D eigenvalue weighted by Crippen LogP contribution is 2.19. The van der Waals surface area contributed by atoms with E-state index < -0.39 is 0 Å². The third-order valence-corrected chi connectivity index (χ3v) is 1.98. The summed E-state index contributed by atoms with van der Waals surface area (Å²) in [6.07, 6.45) is 0. The van der Waals surface area contributed by atoms with E-state index in [1.165, 1.54) is 0 Å². The highest BCUT2D eigenvalue weighted by molar-refractivity contribution is 5.97. The molecule has 1 aromatic rings. The number of carbonyl (C=O) groups is 1. The second-order valence-electron chi connectivity index (χ2n) is 3.04. The van der Waals surface area contributed by atoms with Gasteiger partial charge in [-0.25, -0.2) is 0 Å². The molecule has 0 saturated carbocycles. The molecule has 0 aliphatic rings. The van der Waals surface area contributed by atoms with Gasteiger partial charge in [0.15, 0.2) is 5.78 Å². The lowest BCUT2D eigenvalue weighted by Gasteiger charge is -2.07. The Morgan fingerprint density at radius 1 is 1.50 bits per heavy atom. The lowest BCUT2D eigenvalue weighted by atomic mass is 10.1. The van der Waals surface area contributed by atoms with Gasteiger partial charge < -0.3 is 10.5 Å². The van der Waals surface area contributed by atoms with Crippen molar-refractivity contribution >= 4 is 5.78 Å². The van der Waals surface area contributed by atoms with Crippen molar-refractivity contribution < 1.29 is 9.53 Å². The molecule has 0 aliphatic carbocycles. The van der Waals surface area contributed by atoms with Gasteiger partial charge in [-0.15, -0.1) is 0 Å². The summed E-state index contributed by atoms with van der Waals surface area (Å²) < 4.78 is 5.36. The molecule has 3 heteroatoms. The number of hydrogen-bond acceptors (Lipinski definition) is 3. The zero-order valence-corrected chi connectivity index (χ0v) is 8.54. The average Bonchev–Trinajstić information content (AvgIpc) is 2.20. The van der Waals surface area contributed by atoms with Crippen LogP contribution in [0.2, 0.25) is 0 Å². The first-order valence-electron chi connectivity index (χ1n) is 4.65. The number of rotatable bonds is 4. The van der Waals surface area contributed by atoms with Crippen LogP contribution in [0.5, 0.6) is 5.75 Å². The van der Waals surface area contributed by atoms with Crippen LogP contribution in [0, 0.1) is 6.92 Å². The summed E-state index contributed by atoms with van der Waals surface area (Å²) in [5.74, 6) is 0.775. The molecular weight excluding hydrogens is 178 g/mol. The van der Waals surface area contributed by atoms with E-state index in [-0.39, 0.29) is 12.3 Å². The van der Waals surface area contributed by atoms with Crippen molar-refractivity contribution in [2.45, 2.75) is 13.8 Å². The Labute approximate surface area is 83.9 Å². The molecular formula is C11H15NO2. The van der Waals surface area contributed by atoms with Crippen LogP contribution in [0.25, 0.3) is 0 Å². The zero-order chi connectivity index (χ0) is 10.6. The average molecular weight is 193 g/mol. The molecule has 2 N–H and O–H groups in total. The Morgan fingerprint density at radius 3 is 2.71 bits per heavy atom. The Morgan fingerprint density at radius 2 is 2.21 bits per heavy atom. The topological polar surface area (TPSA) is 52.3 Å². The van der Waals surface area contributed by atoms with Gasteiger partial charge in [0.05, 0.1) is 13.2 Å². The van der Waals surface area contributed by atoms with E-state index in [0.29, 0.717) is 12.2 Å². The fourth-order valence-corrected chi connectivity index (χ4v) is 1.26. The van der Waals surface area contributed by atoms with E-state index in [4.69, 9.17) is 10.5 Å². The number of Topliss-reactive ketones (excluding diaryl/α,β-unsaturated/α-hetero) is 1. The van der Waals surface area contributed by atoms with Crippen molar-refractivity contribution in [3.63, 3.8) is 0 Å². The molecule has 0 aromatic heterocycles. The van der Waals surface area contributed by atoms with Crippen molar-refractivity contribution in [2.75, 3.05) is 13.2 Å². The number of ether oxygens (including phenoxy) is 1. The van der Waals surface area contributed by atoms with Crippen LogP contribution < -0.4 is 10.5 Å². The number of carbonyl (C=O) groups excluding carboxylic acids is 1. The summed E-state index contributed by atoms with van der Waals surface area (Å²) >= 11 is 0. The Bertz CT molecular complexity index is 334. The molecule has 0 amide bonds. The van der Waals surface area contributed by atoms with E-state index in [2.05, 4.69) is 0 Å². The molecule has 0 heterocycles. The maximum Gasteiger partial charge on any atom is 0.176 e. The summed E-state index contributed by atoms with van der Waals surface area (Å²) in [5.41, 5.74) is 6.88. The molecule has 0 radical (unpaired) electrons. The van der Waals surface area contributed by atoms with Gasteiger partial charge in [0.2, 0.25) is 0 Å². The van der Waals surface area contributed by atoms with Crippen molar-refractivity contribution in [3.05, 3.63) is 29.3 Å². The molecule has 0 bridgehead atoms. The largest absolute Gasteiger partial charge is 0.494 e. The second-order valence-corrected chi connectivity index (χ2v) is 3.04. The molecule has 14 heavy (non-hydrogen) atoms. The van der Waals surface area contributed by atoms with Crippen LogP contribution in [0.4, 0.5) is 0 Å². The summed E-state index contributed by atoms with van der Waals surface area (Å²) in [7, 11) is 0. The number of aryl methyl sites for hydroxylation is 1. The Hall–Kier alpha value is -1.35. The summed E-state index contributed by atoms with van der Waals surface area (Å²) in [6.45, 7) is 4.52. The van der Waals surface area contributed by atoms with Gasteiger partial charge in [-0.3, -0.25) is 4.79 Å². The molecule has 0 spiro atoms. The van der Waals surface area contributed by atoms with Gasteiger partial charge in [0.1, 0.15) is 5.75 Å². The monoisotopic (exact) mass is 193 g/mol. The first-order chi connectivity index (χ1) is 6.69. The highest BCUT2D eigenvalue weighted by atomic mass is 16.5. The standard InChI is InChI=1S/C11H15NO2/c1-3-14-11-5-4-9(6-8(11)2)10(13)7-12/h4-6H,3,7,12H2,1-2H3. The summed E-state index contributed by atoms with van der Waals surface area (Å²) in [4.78, 5) is 11.3. The zero-order valence-electron chi connectivity index (χ0n) is 8.54. The normalized spacial score (nSPS) is 9.93. The van der Waals surface area contributed by atoms with Crippen molar-refractivity contribution in [2.24, 2.45) is 5.73 Å². The molecule has 1 rings (SSSR count). The van der Waals surface area contributed by atoms with Gasteiger partial charge in [0.25, 0.3) is 0 Å². The van der Waals surface area contributed by atoms with E-state index in [9.17, 15) is 4.79 Å². The first kappa shape index (κ1) is 10.7. The van der Waals surface area contributed by atoms with Crippen LogP contribution in [-0.4, -0.2) is 18.9 Å². The van der Waals surface area contributed by atoms with E-state index in [1.807, 2.05) is 19.9 Å². The van der Waals surface area contributed by atoms with Crippen LogP contribution in [0.1, 0.15) is 22.8 Å². The molecule has 76 valence electrons.